The molecule has 0 unspecified atom stereocenters. The molecule has 0 atom stereocenters. The standard InChI is InChI=1S/C11H11F4NO4/c1-2-19-9(18)4-7-8(17)3-6(5-12)16-10(7)20-11(13,14)15/h3H,2,4-5H2,1H3,(H,16,17). The van der Waals surface area contributed by atoms with Crippen molar-refractivity contribution in [3.05, 3.63) is 27.5 Å². The summed E-state index contributed by atoms with van der Waals surface area (Å²) >= 11 is 0. The van der Waals surface area contributed by atoms with Crippen LogP contribution in [0.1, 0.15) is 18.2 Å². The first-order chi connectivity index (χ1) is 9.26. The van der Waals surface area contributed by atoms with Crippen LogP contribution >= 0.6 is 0 Å². The molecule has 0 aromatic carbocycles. The normalized spacial score (nSPS) is 11.2. The number of alkyl halides is 4. The van der Waals surface area contributed by atoms with Crippen LogP contribution in [0.25, 0.3) is 0 Å². The Labute approximate surface area is 110 Å². The molecule has 20 heavy (non-hydrogen) atoms. The van der Waals surface area contributed by atoms with E-state index in [4.69, 9.17) is 0 Å². The van der Waals surface area contributed by atoms with Gasteiger partial charge in [-0.2, -0.15) is 0 Å². The van der Waals surface area contributed by atoms with Gasteiger partial charge in [-0.1, -0.05) is 0 Å². The molecule has 0 aliphatic heterocycles. The number of hydrogen-bond acceptors (Lipinski definition) is 4. The van der Waals surface area contributed by atoms with E-state index < -0.39 is 42.3 Å². The second kappa shape index (κ2) is 6.40. The van der Waals surface area contributed by atoms with Crippen LogP contribution in [0.2, 0.25) is 0 Å². The second-order valence-electron chi connectivity index (χ2n) is 3.63. The lowest BCUT2D eigenvalue weighted by atomic mass is 10.1. The number of esters is 1. The molecule has 0 aliphatic carbocycles. The molecule has 0 amide bonds. The van der Waals surface area contributed by atoms with Crippen LogP contribution < -0.4 is 10.2 Å². The van der Waals surface area contributed by atoms with E-state index in [9.17, 15) is 27.2 Å². The molecular weight excluding hydrogens is 286 g/mol. The SMILES string of the molecule is CCOC(=O)Cc1c(OC(F)(F)F)[nH]c(CF)cc1=O. The molecule has 0 saturated carbocycles. The van der Waals surface area contributed by atoms with Gasteiger partial charge >= 0.3 is 12.3 Å². The molecule has 0 saturated heterocycles. The number of pyridine rings is 1. The quantitative estimate of drug-likeness (QED) is 0.665. The first-order valence-electron chi connectivity index (χ1n) is 5.49. The van der Waals surface area contributed by atoms with Crippen molar-refractivity contribution in [3.63, 3.8) is 0 Å². The molecule has 5 nitrogen and oxygen atoms in total. The van der Waals surface area contributed by atoms with Gasteiger partial charge in [0.05, 0.1) is 24.3 Å². The Morgan fingerprint density at radius 3 is 2.55 bits per heavy atom. The molecule has 1 rings (SSSR count). The summed E-state index contributed by atoms with van der Waals surface area (Å²) in [5.41, 5.74) is -1.90. The molecule has 0 radical (unpaired) electrons. The molecule has 1 aromatic heterocycles. The lowest BCUT2D eigenvalue weighted by molar-refractivity contribution is -0.276. The van der Waals surface area contributed by atoms with Crippen LogP contribution in [-0.4, -0.2) is 23.9 Å². The predicted octanol–water partition coefficient (Wildman–Crippen LogP) is 1.85. The summed E-state index contributed by atoms with van der Waals surface area (Å²) in [7, 11) is 0. The molecule has 9 heteroatoms. The first kappa shape index (κ1) is 16.0. The van der Waals surface area contributed by atoms with Crippen molar-refractivity contribution in [1.29, 1.82) is 0 Å². The molecule has 0 aliphatic rings. The summed E-state index contributed by atoms with van der Waals surface area (Å²) in [6.45, 7) is 0.333. The lowest BCUT2D eigenvalue weighted by Crippen LogP contribution is -2.24. The summed E-state index contributed by atoms with van der Waals surface area (Å²) in [6.07, 6.45) is -5.79. The van der Waals surface area contributed by atoms with E-state index in [0.717, 1.165) is 6.07 Å². The van der Waals surface area contributed by atoms with Gasteiger partial charge < -0.3 is 14.5 Å². The highest BCUT2D eigenvalue weighted by atomic mass is 19.4. The smallest absolute Gasteiger partial charge is 0.466 e. The Morgan fingerprint density at radius 2 is 2.05 bits per heavy atom. The van der Waals surface area contributed by atoms with Gasteiger partial charge in [0.2, 0.25) is 5.88 Å². The predicted molar refractivity (Wildman–Crippen MR) is 58.9 cm³/mol. The maximum Gasteiger partial charge on any atom is 0.574 e. The topological polar surface area (TPSA) is 68.4 Å². The van der Waals surface area contributed by atoms with Crippen molar-refractivity contribution in [2.24, 2.45) is 0 Å². The summed E-state index contributed by atoms with van der Waals surface area (Å²) in [5, 5.41) is 0. The fraction of sp³-hybridized carbons (Fsp3) is 0.455. The van der Waals surface area contributed by atoms with E-state index in [1.165, 1.54) is 6.92 Å². The molecular formula is C11H11F4NO4. The minimum absolute atomic E-state index is 0.00869. The van der Waals surface area contributed by atoms with Crippen LogP contribution in [0.5, 0.6) is 5.88 Å². The van der Waals surface area contributed by atoms with Crippen LogP contribution in [0.4, 0.5) is 17.6 Å². The highest BCUT2D eigenvalue weighted by Crippen LogP contribution is 2.23. The number of H-pyrrole nitrogens is 1. The number of ether oxygens (including phenoxy) is 2. The number of aromatic amines is 1. The zero-order chi connectivity index (χ0) is 15.3. The average molecular weight is 297 g/mol. The van der Waals surface area contributed by atoms with Crippen LogP contribution in [-0.2, 0) is 22.6 Å². The molecule has 0 spiro atoms. The van der Waals surface area contributed by atoms with E-state index in [-0.39, 0.29) is 12.3 Å². The van der Waals surface area contributed by atoms with Crippen LogP contribution in [0.15, 0.2) is 10.9 Å². The zero-order valence-corrected chi connectivity index (χ0v) is 10.3. The third-order valence-corrected chi connectivity index (χ3v) is 2.14. The lowest BCUT2D eigenvalue weighted by Gasteiger charge is -2.13. The Balaban J connectivity index is 3.19. The van der Waals surface area contributed by atoms with Crippen molar-refractivity contribution >= 4 is 5.97 Å². The monoisotopic (exact) mass is 297 g/mol. The molecule has 0 fully saturated rings. The molecule has 112 valence electrons. The van der Waals surface area contributed by atoms with E-state index in [1.807, 2.05) is 4.98 Å². The summed E-state index contributed by atoms with van der Waals surface area (Å²) in [5.74, 6) is -1.90. The molecule has 0 bridgehead atoms. The Bertz CT molecular complexity index is 538. The Morgan fingerprint density at radius 1 is 1.40 bits per heavy atom. The number of aromatic nitrogens is 1. The van der Waals surface area contributed by atoms with E-state index in [2.05, 4.69) is 9.47 Å². The van der Waals surface area contributed by atoms with Crippen molar-refractivity contribution < 1.29 is 31.8 Å². The third-order valence-electron chi connectivity index (χ3n) is 2.14. The highest BCUT2D eigenvalue weighted by Gasteiger charge is 2.33. The van der Waals surface area contributed by atoms with Gasteiger partial charge in [0, 0.05) is 6.07 Å². The number of carbonyl (C=O) groups excluding carboxylic acids is 1. The number of halogens is 4. The van der Waals surface area contributed by atoms with E-state index in [1.54, 1.807) is 0 Å². The fourth-order valence-electron chi connectivity index (χ4n) is 1.41. The van der Waals surface area contributed by atoms with Gasteiger partial charge in [-0.15, -0.1) is 13.2 Å². The van der Waals surface area contributed by atoms with Crippen LogP contribution in [0.3, 0.4) is 0 Å². The number of hydrogen-bond donors (Lipinski definition) is 1. The van der Waals surface area contributed by atoms with Gasteiger partial charge in [-0.3, -0.25) is 9.59 Å². The minimum Gasteiger partial charge on any atom is -0.466 e. The summed E-state index contributed by atoms with van der Waals surface area (Å²) in [4.78, 5) is 24.8. The maximum atomic E-state index is 12.4. The van der Waals surface area contributed by atoms with Gasteiger partial charge in [0.25, 0.3) is 0 Å². The number of nitrogens with one attached hydrogen (secondary N) is 1. The van der Waals surface area contributed by atoms with Crippen molar-refractivity contribution in [2.75, 3.05) is 6.61 Å². The number of rotatable bonds is 5. The van der Waals surface area contributed by atoms with E-state index in [0.29, 0.717) is 0 Å². The highest BCUT2D eigenvalue weighted by molar-refractivity contribution is 5.73. The van der Waals surface area contributed by atoms with Gasteiger partial charge in [0.15, 0.2) is 5.43 Å². The van der Waals surface area contributed by atoms with Gasteiger partial charge in [0.1, 0.15) is 6.67 Å². The molecule has 1 heterocycles. The minimum atomic E-state index is -5.08. The van der Waals surface area contributed by atoms with Gasteiger partial charge in [-0.05, 0) is 6.92 Å². The van der Waals surface area contributed by atoms with Crippen molar-refractivity contribution in [2.45, 2.75) is 26.4 Å². The summed E-state index contributed by atoms with van der Waals surface area (Å²) < 4.78 is 57.2. The van der Waals surface area contributed by atoms with E-state index >= 15 is 0 Å². The second-order valence-corrected chi connectivity index (χ2v) is 3.63. The largest absolute Gasteiger partial charge is 0.574 e. The molecule has 1 N–H and O–H groups in total. The number of carbonyl (C=O) groups is 1. The molecule has 1 aromatic rings. The van der Waals surface area contributed by atoms with Gasteiger partial charge in [-0.25, -0.2) is 4.39 Å². The van der Waals surface area contributed by atoms with Crippen molar-refractivity contribution in [1.82, 2.24) is 4.98 Å². The summed E-state index contributed by atoms with van der Waals surface area (Å²) in [6, 6.07) is 0.762. The third kappa shape index (κ3) is 4.56. The fourth-order valence-corrected chi connectivity index (χ4v) is 1.41. The first-order valence-corrected chi connectivity index (χ1v) is 5.49. The van der Waals surface area contributed by atoms with Crippen LogP contribution in [0, 0.1) is 0 Å². The zero-order valence-electron chi connectivity index (χ0n) is 10.3. The Hall–Kier alpha value is -2.06. The maximum absolute atomic E-state index is 12.4. The van der Waals surface area contributed by atoms with Crippen molar-refractivity contribution in [3.8, 4) is 5.88 Å². The average Bonchev–Trinajstić information content (AvgIpc) is 2.31. The Kier molecular flexibility index (Phi) is 5.12.